The molecule has 5 saturated carbocycles. The first-order chi connectivity index (χ1) is 17.1. The lowest BCUT2D eigenvalue weighted by Gasteiger charge is -2.64. The molecule has 0 saturated heterocycles. The smallest absolute Gasteiger partial charge is 0.0116 e. The van der Waals surface area contributed by atoms with Gasteiger partial charge in [-0.1, -0.05) is 104 Å². The lowest BCUT2D eigenvalue weighted by molar-refractivity contribution is 0.205. The molecule has 0 aliphatic heterocycles. The lowest BCUT2D eigenvalue weighted by Crippen LogP contribution is -2.52. The van der Waals surface area contributed by atoms with Crippen molar-refractivity contribution in [3.63, 3.8) is 0 Å². The summed E-state index contributed by atoms with van der Waals surface area (Å²) in [6, 6.07) is 0. The maximum atomic E-state index is 3.88. The fourth-order valence-electron chi connectivity index (χ4n) is 10.0. The molecule has 5 fully saturated rings. The molecule has 202 valence electrons. The first-order valence-corrected chi connectivity index (χ1v) is 19.1. The molecule has 5 aliphatic rings. The van der Waals surface area contributed by atoms with Crippen molar-refractivity contribution in [2.75, 3.05) is 0 Å². The van der Waals surface area contributed by atoms with Crippen molar-refractivity contribution in [3.05, 3.63) is 0 Å². The molecule has 2 unspecified atom stereocenters. The van der Waals surface area contributed by atoms with Gasteiger partial charge in [-0.05, 0) is 93.5 Å². The van der Waals surface area contributed by atoms with Crippen LogP contribution in [0.15, 0.2) is 0 Å². The summed E-state index contributed by atoms with van der Waals surface area (Å²) in [6.07, 6.45) is 38.5. The fraction of sp³-hybridized carbons (Fsp3) is 1.00. The molecule has 5 rings (SSSR count). The van der Waals surface area contributed by atoms with E-state index in [9.17, 15) is 0 Å². The van der Waals surface area contributed by atoms with Crippen molar-refractivity contribution in [2.45, 2.75) is 176 Å². The van der Waals surface area contributed by atoms with Crippen LogP contribution in [0.2, 0.25) is 0 Å². The van der Waals surface area contributed by atoms with Crippen LogP contribution in [0.3, 0.4) is 0 Å². The van der Waals surface area contributed by atoms with Gasteiger partial charge in [0.1, 0.15) is 0 Å². The van der Waals surface area contributed by atoms with Crippen molar-refractivity contribution in [1.29, 1.82) is 0 Å². The summed E-state index contributed by atoms with van der Waals surface area (Å²) in [7, 11) is 7.73. The summed E-state index contributed by atoms with van der Waals surface area (Å²) in [4.78, 5) is 1.13. The highest BCUT2D eigenvalue weighted by Gasteiger charge is 2.59. The second-order valence-corrected chi connectivity index (χ2v) is 19.7. The van der Waals surface area contributed by atoms with Crippen LogP contribution in [0.4, 0.5) is 0 Å². The highest BCUT2D eigenvalue weighted by Crippen LogP contribution is 2.81. The molecule has 35 heavy (non-hydrogen) atoms. The van der Waals surface area contributed by atoms with Crippen LogP contribution in [0.1, 0.15) is 161 Å². The van der Waals surface area contributed by atoms with Gasteiger partial charge in [-0.3, -0.25) is 0 Å². The first kappa shape index (κ1) is 27.8. The zero-order chi connectivity index (χ0) is 24.1. The van der Waals surface area contributed by atoms with Crippen molar-refractivity contribution >= 4 is 26.4 Å². The van der Waals surface area contributed by atoms with E-state index in [-0.39, 0.29) is 7.92 Å². The third-order valence-electron chi connectivity index (χ3n) is 11.8. The van der Waals surface area contributed by atoms with Crippen LogP contribution in [-0.4, -0.2) is 15.5 Å². The highest BCUT2D eigenvalue weighted by atomic mass is 31.2. The van der Waals surface area contributed by atoms with Gasteiger partial charge in [-0.25, -0.2) is 0 Å². The van der Waals surface area contributed by atoms with Gasteiger partial charge in [-0.15, -0.1) is 18.5 Å². The molecule has 0 spiro atoms. The summed E-state index contributed by atoms with van der Waals surface area (Å²) >= 11 is 0. The molecule has 2 atom stereocenters. The number of hydrogen-bond donors (Lipinski definition) is 0. The van der Waals surface area contributed by atoms with E-state index in [4.69, 9.17) is 0 Å². The molecule has 0 radical (unpaired) electrons. The summed E-state index contributed by atoms with van der Waals surface area (Å²) in [5.41, 5.74) is 1.06. The lowest BCUT2D eigenvalue weighted by atomic mass is 9.76. The van der Waals surface area contributed by atoms with Gasteiger partial charge in [-0.2, -0.15) is 0 Å². The van der Waals surface area contributed by atoms with Crippen LogP contribution in [-0.2, 0) is 0 Å². The zero-order valence-electron chi connectivity index (χ0n) is 23.2. The Balaban J connectivity index is 1.62. The molecule has 3 heteroatoms. The second kappa shape index (κ2) is 13.1. The monoisotopic (exact) mass is 536 g/mol. The van der Waals surface area contributed by atoms with E-state index in [0.29, 0.717) is 9.79 Å². The Morgan fingerprint density at radius 1 is 0.343 bits per heavy atom. The number of rotatable bonds is 7. The van der Waals surface area contributed by atoms with Crippen LogP contribution in [0, 0.1) is 23.7 Å². The van der Waals surface area contributed by atoms with E-state index >= 15 is 0 Å². The van der Waals surface area contributed by atoms with Crippen molar-refractivity contribution < 1.29 is 0 Å². The van der Waals surface area contributed by atoms with E-state index < -0.39 is 0 Å². The summed E-state index contributed by atoms with van der Waals surface area (Å²) in [6.45, 7) is 0. The third kappa shape index (κ3) is 5.92. The van der Waals surface area contributed by atoms with Gasteiger partial charge in [0.15, 0.2) is 0 Å². The molecule has 0 bridgehead atoms. The van der Waals surface area contributed by atoms with Crippen LogP contribution in [0.5, 0.6) is 0 Å². The normalized spacial score (nSPS) is 28.5. The standard InChI is InChI=1S/C32H59P3/c33-31(26-16-6-1-7-17-26,27-18-8-2-9-19-27)35(30-24-14-5-15-25-30)32(34,28-20-10-3-11-21-28)29-22-12-4-13-23-29/h26-30H,1-25,33-34H2. The Labute approximate surface area is 225 Å². The van der Waals surface area contributed by atoms with Gasteiger partial charge in [0.05, 0.1) is 0 Å². The van der Waals surface area contributed by atoms with Crippen molar-refractivity contribution in [2.24, 2.45) is 23.7 Å². The predicted octanol–water partition coefficient (Wildman–Crippen LogP) is 11.3. The molecular weight excluding hydrogens is 477 g/mol. The molecule has 5 aliphatic carbocycles. The van der Waals surface area contributed by atoms with E-state index in [2.05, 4.69) is 18.5 Å². The maximum absolute atomic E-state index is 3.88. The van der Waals surface area contributed by atoms with Crippen LogP contribution >= 0.6 is 26.4 Å². The summed E-state index contributed by atoms with van der Waals surface area (Å²) < 4.78 is 0. The average Bonchev–Trinajstić information content (AvgIpc) is 2.95. The minimum absolute atomic E-state index is 0.0353. The number of hydrogen-bond acceptors (Lipinski definition) is 0. The SMILES string of the molecule is PC(C1CCCCC1)(C1CCCCC1)P(C1CCCCC1)C(P)(C1CCCCC1)C1CCCCC1. The Bertz CT molecular complexity index is 535. The molecule has 0 aromatic carbocycles. The highest BCUT2D eigenvalue weighted by molar-refractivity contribution is 7.74. The average molecular weight is 537 g/mol. The van der Waals surface area contributed by atoms with Crippen molar-refractivity contribution in [3.8, 4) is 0 Å². The summed E-state index contributed by atoms with van der Waals surface area (Å²) in [5, 5.41) is 0. The Morgan fingerprint density at radius 2 is 0.571 bits per heavy atom. The first-order valence-electron chi connectivity index (χ1n) is 16.5. The van der Waals surface area contributed by atoms with Crippen LogP contribution in [0.25, 0.3) is 0 Å². The minimum Gasteiger partial charge on any atom is -0.126 e. The quantitative estimate of drug-likeness (QED) is 0.284. The van der Waals surface area contributed by atoms with E-state index in [1.54, 1.807) is 64.2 Å². The van der Waals surface area contributed by atoms with Gasteiger partial charge in [0.25, 0.3) is 0 Å². The van der Waals surface area contributed by atoms with E-state index in [1.807, 2.05) is 0 Å². The van der Waals surface area contributed by atoms with Crippen molar-refractivity contribution in [1.82, 2.24) is 0 Å². The Kier molecular flexibility index (Phi) is 10.4. The molecule has 0 amide bonds. The molecule has 0 nitrogen and oxygen atoms in total. The fourth-order valence-corrected chi connectivity index (χ4v) is 19.8. The molecule has 0 aromatic rings. The minimum atomic E-state index is -0.0353. The maximum Gasteiger partial charge on any atom is 0.0116 e. The largest absolute Gasteiger partial charge is 0.126 e. The molecular formula is C32H59P3. The van der Waals surface area contributed by atoms with Gasteiger partial charge < -0.3 is 0 Å². The molecule has 0 N–H and O–H groups in total. The Hall–Kier alpha value is 1.29. The molecule has 0 aromatic heterocycles. The van der Waals surface area contributed by atoms with E-state index in [0.717, 1.165) is 29.3 Å². The van der Waals surface area contributed by atoms with Gasteiger partial charge in [0.2, 0.25) is 0 Å². The molecule has 0 heterocycles. The third-order valence-corrected chi connectivity index (χ3v) is 19.7. The zero-order valence-corrected chi connectivity index (χ0v) is 26.4. The predicted molar refractivity (Wildman–Crippen MR) is 165 cm³/mol. The van der Waals surface area contributed by atoms with E-state index in [1.165, 1.54) is 96.3 Å². The van der Waals surface area contributed by atoms with Gasteiger partial charge in [0, 0.05) is 9.79 Å². The second-order valence-electron chi connectivity index (χ2n) is 13.8. The Morgan fingerprint density at radius 3 is 0.829 bits per heavy atom. The topological polar surface area (TPSA) is 0 Å². The summed E-state index contributed by atoms with van der Waals surface area (Å²) in [5.74, 6) is 4.02. The van der Waals surface area contributed by atoms with Gasteiger partial charge >= 0.3 is 0 Å². The van der Waals surface area contributed by atoms with Crippen LogP contribution < -0.4 is 0 Å².